The maximum Gasteiger partial charge on any atom is 0.308 e. The lowest BCUT2D eigenvalue weighted by Gasteiger charge is -2.40. The van der Waals surface area contributed by atoms with Crippen LogP contribution in [-0.2, 0) is 14.3 Å². The standard InChI is InChI=1S/C11H17NO4/c1-8(13)12-7-9(10(14)15)6-11(12)2-4-16-5-3-11/h9H,2-7H2,1H3,(H,14,15). The molecule has 1 N–H and O–H groups in total. The fourth-order valence-corrected chi connectivity index (χ4v) is 2.90. The molecule has 0 aromatic carbocycles. The molecule has 5 heteroatoms. The van der Waals surface area contributed by atoms with Crippen molar-refractivity contribution < 1.29 is 19.4 Å². The Morgan fingerprint density at radius 1 is 1.38 bits per heavy atom. The number of amides is 1. The van der Waals surface area contributed by atoms with Crippen molar-refractivity contribution in [3.05, 3.63) is 0 Å². The van der Waals surface area contributed by atoms with Crippen molar-refractivity contribution in [3.63, 3.8) is 0 Å². The van der Waals surface area contributed by atoms with Crippen LogP contribution in [0.15, 0.2) is 0 Å². The molecule has 2 fully saturated rings. The highest BCUT2D eigenvalue weighted by molar-refractivity contribution is 5.78. The zero-order chi connectivity index (χ0) is 11.8. The zero-order valence-electron chi connectivity index (χ0n) is 9.44. The number of carboxylic acid groups (broad SMARTS) is 1. The summed E-state index contributed by atoms with van der Waals surface area (Å²) in [6.07, 6.45) is 2.10. The SMILES string of the molecule is CC(=O)N1CC(C(=O)O)CC12CCOCC2. The van der Waals surface area contributed by atoms with Gasteiger partial charge in [-0.3, -0.25) is 9.59 Å². The lowest BCUT2D eigenvalue weighted by atomic mass is 9.85. The van der Waals surface area contributed by atoms with E-state index >= 15 is 0 Å². The van der Waals surface area contributed by atoms with E-state index in [4.69, 9.17) is 9.84 Å². The molecule has 16 heavy (non-hydrogen) atoms. The number of carbonyl (C=O) groups excluding carboxylic acids is 1. The van der Waals surface area contributed by atoms with Gasteiger partial charge in [0.15, 0.2) is 0 Å². The van der Waals surface area contributed by atoms with Crippen molar-refractivity contribution in [1.29, 1.82) is 0 Å². The van der Waals surface area contributed by atoms with Crippen molar-refractivity contribution in [2.75, 3.05) is 19.8 Å². The smallest absolute Gasteiger partial charge is 0.308 e. The lowest BCUT2D eigenvalue weighted by Crippen LogP contribution is -2.49. The van der Waals surface area contributed by atoms with Crippen LogP contribution in [0.5, 0.6) is 0 Å². The van der Waals surface area contributed by atoms with E-state index in [1.54, 1.807) is 4.90 Å². The quantitative estimate of drug-likeness (QED) is 0.708. The first kappa shape index (κ1) is 11.4. The summed E-state index contributed by atoms with van der Waals surface area (Å²) in [6, 6.07) is 0. The molecular formula is C11H17NO4. The summed E-state index contributed by atoms with van der Waals surface area (Å²) in [7, 11) is 0. The molecule has 2 saturated heterocycles. The Morgan fingerprint density at radius 2 is 2.00 bits per heavy atom. The second-order valence-electron chi connectivity index (χ2n) is 4.71. The molecule has 1 atom stereocenters. The lowest BCUT2D eigenvalue weighted by molar-refractivity contribution is -0.141. The van der Waals surface area contributed by atoms with Gasteiger partial charge in [0.25, 0.3) is 0 Å². The van der Waals surface area contributed by atoms with E-state index in [1.165, 1.54) is 6.92 Å². The molecule has 0 aromatic rings. The first-order chi connectivity index (χ1) is 7.55. The number of nitrogens with zero attached hydrogens (tertiary/aromatic N) is 1. The van der Waals surface area contributed by atoms with E-state index in [9.17, 15) is 9.59 Å². The molecule has 0 radical (unpaired) electrons. The van der Waals surface area contributed by atoms with Gasteiger partial charge < -0.3 is 14.7 Å². The third-order valence-electron chi connectivity index (χ3n) is 3.75. The van der Waals surface area contributed by atoms with Crippen LogP contribution in [-0.4, -0.2) is 47.2 Å². The minimum atomic E-state index is -0.797. The largest absolute Gasteiger partial charge is 0.481 e. The number of rotatable bonds is 1. The number of likely N-dealkylation sites (tertiary alicyclic amines) is 1. The summed E-state index contributed by atoms with van der Waals surface area (Å²) in [6.45, 7) is 3.11. The highest BCUT2D eigenvalue weighted by Crippen LogP contribution is 2.40. The van der Waals surface area contributed by atoms with Gasteiger partial charge in [-0.25, -0.2) is 0 Å². The molecule has 0 aliphatic carbocycles. The monoisotopic (exact) mass is 227 g/mol. The molecule has 1 unspecified atom stereocenters. The van der Waals surface area contributed by atoms with Gasteiger partial charge in [0.2, 0.25) is 5.91 Å². The molecule has 0 bridgehead atoms. The van der Waals surface area contributed by atoms with Crippen LogP contribution >= 0.6 is 0 Å². The molecule has 1 spiro atoms. The Balaban J connectivity index is 2.20. The van der Waals surface area contributed by atoms with Crippen molar-refractivity contribution in [1.82, 2.24) is 4.90 Å². The summed E-state index contributed by atoms with van der Waals surface area (Å²) in [4.78, 5) is 24.4. The van der Waals surface area contributed by atoms with Gasteiger partial charge in [-0.2, -0.15) is 0 Å². The second-order valence-corrected chi connectivity index (χ2v) is 4.71. The third-order valence-corrected chi connectivity index (χ3v) is 3.75. The van der Waals surface area contributed by atoms with Crippen molar-refractivity contribution in [2.45, 2.75) is 31.7 Å². The normalized spacial score (nSPS) is 28.3. The Labute approximate surface area is 94.4 Å². The van der Waals surface area contributed by atoms with Crippen LogP contribution in [0.1, 0.15) is 26.2 Å². The van der Waals surface area contributed by atoms with Crippen molar-refractivity contribution in [2.24, 2.45) is 5.92 Å². The van der Waals surface area contributed by atoms with Crippen LogP contribution in [0.2, 0.25) is 0 Å². The van der Waals surface area contributed by atoms with Gasteiger partial charge >= 0.3 is 5.97 Å². The predicted molar refractivity (Wildman–Crippen MR) is 55.9 cm³/mol. The fraction of sp³-hybridized carbons (Fsp3) is 0.818. The summed E-state index contributed by atoms with van der Waals surface area (Å²) >= 11 is 0. The van der Waals surface area contributed by atoms with Crippen molar-refractivity contribution >= 4 is 11.9 Å². The molecule has 0 saturated carbocycles. The molecule has 1 amide bonds. The number of hydrogen-bond donors (Lipinski definition) is 1. The van der Waals surface area contributed by atoms with Crippen LogP contribution in [0, 0.1) is 5.92 Å². The molecule has 2 rings (SSSR count). The van der Waals surface area contributed by atoms with Crippen LogP contribution in [0.4, 0.5) is 0 Å². The molecule has 2 aliphatic rings. The molecule has 2 aliphatic heterocycles. The van der Waals surface area contributed by atoms with Gasteiger partial charge in [0, 0.05) is 32.2 Å². The van der Waals surface area contributed by atoms with Crippen molar-refractivity contribution in [3.8, 4) is 0 Å². The van der Waals surface area contributed by atoms with E-state index in [1.807, 2.05) is 0 Å². The number of hydrogen-bond acceptors (Lipinski definition) is 3. The summed E-state index contributed by atoms with van der Waals surface area (Å²) in [5.74, 6) is -1.23. The van der Waals surface area contributed by atoms with Crippen LogP contribution in [0.3, 0.4) is 0 Å². The Morgan fingerprint density at radius 3 is 2.50 bits per heavy atom. The Kier molecular flexibility index (Phi) is 2.88. The minimum absolute atomic E-state index is 0.0225. The summed E-state index contributed by atoms with van der Waals surface area (Å²) in [5, 5.41) is 9.06. The Bertz CT molecular complexity index is 309. The van der Waals surface area contributed by atoms with Gasteiger partial charge in [-0.15, -0.1) is 0 Å². The average molecular weight is 227 g/mol. The number of carboxylic acids is 1. The van der Waals surface area contributed by atoms with E-state index in [2.05, 4.69) is 0 Å². The predicted octanol–water partition coefficient (Wildman–Crippen LogP) is 0.489. The average Bonchev–Trinajstić information content (AvgIpc) is 2.59. The first-order valence-corrected chi connectivity index (χ1v) is 5.64. The van der Waals surface area contributed by atoms with Gasteiger partial charge in [-0.1, -0.05) is 0 Å². The highest BCUT2D eigenvalue weighted by atomic mass is 16.5. The van der Waals surface area contributed by atoms with Crippen LogP contribution < -0.4 is 0 Å². The third kappa shape index (κ3) is 1.80. The van der Waals surface area contributed by atoms with Gasteiger partial charge in [0.1, 0.15) is 0 Å². The second kappa shape index (κ2) is 4.05. The van der Waals surface area contributed by atoms with E-state index < -0.39 is 11.9 Å². The van der Waals surface area contributed by atoms with Crippen LogP contribution in [0.25, 0.3) is 0 Å². The van der Waals surface area contributed by atoms with E-state index in [0.717, 1.165) is 12.8 Å². The summed E-state index contributed by atoms with van der Waals surface area (Å²) in [5.41, 5.74) is -0.257. The number of aliphatic carboxylic acids is 1. The number of carbonyl (C=O) groups is 2. The molecule has 0 aromatic heterocycles. The Hall–Kier alpha value is -1.10. The first-order valence-electron chi connectivity index (χ1n) is 5.64. The van der Waals surface area contributed by atoms with Gasteiger partial charge in [-0.05, 0) is 19.3 Å². The number of ether oxygens (including phenoxy) is 1. The fourth-order valence-electron chi connectivity index (χ4n) is 2.90. The zero-order valence-corrected chi connectivity index (χ0v) is 9.44. The maximum atomic E-state index is 11.6. The minimum Gasteiger partial charge on any atom is -0.481 e. The molecule has 5 nitrogen and oxygen atoms in total. The van der Waals surface area contributed by atoms with E-state index in [-0.39, 0.29) is 11.4 Å². The van der Waals surface area contributed by atoms with Gasteiger partial charge in [0.05, 0.1) is 5.92 Å². The summed E-state index contributed by atoms with van der Waals surface area (Å²) < 4.78 is 5.29. The molecule has 2 heterocycles. The maximum absolute atomic E-state index is 11.6. The topological polar surface area (TPSA) is 66.8 Å². The highest BCUT2D eigenvalue weighted by Gasteiger charge is 2.49. The molecular weight excluding hydrogens is 210 g/mol. The molecule has 90 valence electrons. The van der Waals surface area contributed by atoms with E-state index in [0.29, 0.717) is 26.2 Å².